The van der Waals surface area contributed by atoms with Crippen molar-refractivity contribution in [2.45, 2.75) is 36.8 Å². The van der Waals surface area contributed by atoms with Crippen LogP contribution < -0.4 is 0 Å². The van der Waals surface area contributed by atoms with Gasteiger partial charge in [0.25, 0.3) is 0 Å². The van der Waals surface area contributed by atoms with E-state index in [1.54, 1.807) is 4.90 Å². The van der Waals surface area contributed by atoms with Gasteiger partial charge in [-0.05, 0) is 6.42 Å². The van der Waals surface area contributed by atoms with Gasteiger partial charge in [-0.25, -0.2) is 0 Å². The van der Waals surface area contributed by atoms with Crippen molar-refractivity contribution in [3.63, 3.8) is 0 Å². The van der Waals surface area contributed by atoms with E-state index in [1.165, 1.54) is 0 Å². The average molecular weight is 189 g/mol. The van der Waals surface area contributed by atoms with Crippen molar-refractivity contribution < 1.29 is 20.4 Å². The van der Waals surface area contributed by atoms with E-state index in [-0.39, 0.29) is 12.6 Å². The molecule has 76 valence electrons. The van der Waals surface area contributed by atoms with Crippen molar-refractivity contribution >= 4 is 0 Å². The van der Waals surface area contributed by atoms with Crippen LogP contribution in [0.4, 0.5) is 0 Å². The van der Waals surface area contributed by atoms with Gasteiger partial charge in [-0.1, -0.05) is 0 Å². The number of aliphatic hydroxyl groups excluding tert-OH is 4. The Labute approximate surface area is 76.2 Å². The minimum atomic E-state index is -0.883. The maximum Gasteiger partial charge on any atom is 0.0991 e. The van der Waals surface area contributed by atoms with Gasteiger partial charge in [-0.3, -0.25) is 4.90 Å². The summed E-state index contributed by atoms with van der Waals surface area (Å²) in [6, 6.07) is -0.515. The Hall–Kier alpha value is -0.200. The van der Waals surface area contributed by atoms with Crippen LogP contribution in [0.1, 0.15) is 6.42 Å². The third-order valence-electron chi connectivity index (χ3n) is 3.11. The molecule has 0 saturated carbocycles. The first kappa shape index (κ1) is 9.36. The molecule has 4 N–H and O–H groups in total. The van der Waals surface area contributed by atoms with Crippen LogP contribution in [0.3, 0.4) is 0 Å². The van der Waals surface area contributed by atoms with E-state index in [9.17, 15) is 15.3 Å². The van der Waals surface area contributed by atoms with Crippen molar-refractivity contribution in [2.75, 3.05) is 13.2 Å². The molecule has 0 amide bonds. The van der Waals surface area contributed by atoms with E-state index in [4.69, 9.17) is 5.11 Å². The van der Waals surface area contributed by atoms with E-state index in [1.807, 2.05) is 0 Å². The van der Waals surface area contributed by atoms with Crippen molar-refractivity contribution in [3.8, 4) is 0 Å². The molecule has 5 heteroatoms. The SMILES string of the molecule is OC[C@@H]1C[C@H](O)[C@H]2[C@@H](O)[C@@H](O)CN12. The highest BCUT2D eigenvalue weighted by atomic mass is 16.3. The molecule has 0 spiro atoms. The first-order valence-electron chi connectivity index (χ1n) is 4.56. The molecule has 2 rings (SSSR count). The van der Waals surface area contributed by atoms with Crippen molar-refractivity contribution in [2.24, 2.45) is 0 Å². The molecular weight excluding hydrogens is 174 g/mol. The van der Waals surface area contributed by atoms with E-state index >= 15 is 0 Å². The van der Waals surface area contributed by atoms with Crippen LogP contribution in [0.15, 0.2) is 0 Å². The van der Waals surface area contributed by atoms with Crippen molar-refractivity contribution in [1.29, 1.82) is 0 Å². The van der Waals surface area contributed by atoms with Crippen LogP contribution in [0.25, 0.3) is 0 Å². The van der Waals surface area contributed by atoms with Crippen molar-refractivity contribution in [3.05, 3.63) is 0 Å². The van der Waals surface area contributed by atoms with Gasteiger partial charge >= 0.3 is 0 Å². The first-order valence-corrected chi connectivity index (χ1v) is 4.56. The zero-order valence-corrected chi connectivity index (χ0v) is 7.24. The molecule has 0 aromatic carbocycles. The zero-order valence-electron chi connectivity index (χ0n) is 7.24. The molecule has 2 fully saturated rings. The molecule has 2 saturated heterocycles. The maximum absolute atomic E-state index is 9.57. The Morgan fingerprint density at radius 3 is 2.46 bits per heavy atom. The number of hydrogen-bond acceptors (Lipinski definition) is 5. The Bertz CT molecular complexity index is 201. The normalized spacial score (nSPS) is 51.2. The molecule has 2 heterocycles. The Morgan fingerprint density at radius 1 is 1.15 bits per heavy atom. The highest BCUT2D eigenvalue weighted by Gasteiger charge is 2.51. The lowest BCUT2D eigenvalue weighted by molar-refractivity contribution is 0.00781. The monoisotopic (exact) mass is 189 g/mol. The lowest BCUT2D eigenvalue weighted by atomic mass is 10.0. The van der Waals surface area contributed by atoms with Crippen LogP contribution >= 0.6 is 0 Å². The number of fused-ring (bicyclic) bond motifs is 1. The topological polar surface area (TPSA) is 84.2 Å². The second kappa shape index (κ2) is 3.18. The summed E-state index contributed by atoms with van der Waals surface area (Å²) in [5.74, 6) is 0. The summed E-state index contributed by atoms with van der Waals surface area (Å²) in [5.41, 5.74) is 0. The summed E-state index contributed by atoms with van der Waals surface area (Å²) < 4.78 is 0. The third kappa shape index (κ3) is 1.28. The van der Waals surface area contributed by atoms with E-state index in [0.29, 0.717) is 13.0 Å². The van der Waals surface area contributed by atoms with Crippen LogP contribution in [0.5, 0.6) is 0 Å². The molecule has 0 radical (unpaired) electrons. The van der Waals surface area contributed by atoms with Crippen LogP contribution in [-0.2, 0) is 0 Å². The predicted molar refractivity (Wildman–Crippen MR) is 44.0 cm³/mol. The minimum Gasteiger partial charge on any atom is -0.395 e. The summed E-state index contributed by atoms with van der Waals surface area (Å²) in [7, 11) is 0. The molecule has 5 nitrogen and oxygen atoms in total. The van der Waals surface area contributed by atoms with E-state index in [0.717, 1.165) is 0 Å². The fraction of sp³-hybridized carbons (Fsp3) is 1.00. The van der Waals surface area contributed by atoms with Crippen LogP contribution in [-0.4, -0.2) is 68.9 Å². The Morgan fingerprint density at radius 2 is 1.85 bits per heavy atom. The second-order valence-electron chi connectivity index (χ2n) is 3.88. The van der Waals surface area contributed by atoms with Gasteiger partial charge < -0.3 is 20.4 Å². The van der Waals surface area contributed by atoms with Crippen molar-refractivity contribution in [1.82, 2.24) is 4.90 Å². The molecular formula is C8H15NO4. The van der Waals surface area contributed by atoms with Gasteiger partial charge in [-0.2, -0.15) is 0 Å². The summed E-state index contributed by atoms with van der Waals surface area (Å²) >= 11 is 0. The largest absolute Gasteiger partial charge is 0.395 e. The fourth-order valence-corrected chi connectivity index (χ4v) is 2.44. The molecule has 2 aliphatic rings. The smallest absolute Gasteiger partial charge is 0.0991 e. The quantitative estimate of drug-likeness (QED) is 0.367. The Balaban J connectivity index is 2.15. The third-order valence-corrected chi connectivity index (χ3v) is 3.11. The molecule has 2 aliphatic heterocycles. The van der Waals surface area contributed by atoms with Gasteiger partial charge in [0.2, 0.25) is 0 Å². The molecule has 5 atom stereocenters. The molecule has 0 aliphatic carbocycles. The molecule has 13 heavy (non-hydrogen) atoms. The molecule has 0 aromatic rings. The molecule has 0 unspecified atom stereocenters. The average Bonchev–Trinajstić information content (AvgIpc) is 2.54. The standard InChI is InChI=1S/C8H15NO4/c10-3-4-1-5(11)7-8(13)6(12)2-9(4)7/h4-8,10-13H,1-3H2/t4-,5-,6-,7-,8-/m0/s1. The van der Waals surface area contributed by atoms with Gasteiger partial charge in [0.15, 0.2) is 0 Å². The van der Waals surface area contributed by atoms with Gasteiger partial charge in [0.1, 0.15) is 0 Å². The lowest BCUT2D eigenvalue weighted by Crippen LogP contribution is -2.40. The predicted octanol–water partition coefficient (Wildman–Crippen LogP) is -2.48. The highest BCUT2D eigenvalue weighted by Crippen LogP contribution is 2.32. The summed E-state index contributed by atoms with van der Waals surface area (Å²) in [6.07, 6.45) is -1.84. The van der Waals surface area contributed by atoms with Crippen LogP contribution in [0, 0.1) is 0 Å². The summed E-state index contributed by atoms with van der Waals surface area (Å²) in [4.78, 5) is 1.79. The number of nitrogens with zero attached hydrogens (tertiary/aromatic N) is 1. The number of aliphatic hydroxyl groups is 4. The highest BCUT2D eigenvalue weighted by molar-refractivity contribution is 5.05. The van der Waals surface area contributed by atoms with Gasteiger partial charge in [0.05, 0.1) is 31.0 Å². The summed E-state index contributed by atoms with van der Waals surface area (Å²) in [6.45, 7) is 0.307. The number of rotatable bonds is 1. The van der Waals surface area contributed by atoms with E-state index < -0.39 is 24.4 Å². The van der Waals surface area contributed by atoms with Gasteiger partial charge in [-0.15, -0.1) is 0 Å². The summed E-state index contributed by atoms with van der Waals surface area (Å²) in [5, 5.41) is 37.4. The fourth-order valence-electron chi connectivity index (χ4n) is 2.44. The maximum atomic E-state index is 9.57. The lowest BCUT2D eigenvalue weighted by Gasteiger charge is -2.22. The zero-order chi connectivity index (χ0) is 9.59. The second-order valence-corrected chi connectivity index (χ2v) is 3.88. The van der Waals surface area contributed by atoms with E-state index in [2.05, 4.69) is 0 Å². The number of hydrogen-bond donors (Lipinski definition) is 4. The first-order chi connectivity index (χ1) is 6.15. The van der Waals surface area contributed by atoms with Gasteiger partial charge in [0, 0.05) is 12.6 Å². The Kier molecular flexibility index (Phi) is 2.29. The molecule has 0 aromatic heterocycles. The minimum absolute atomic E-state index is 0.0347. The molecule has 0 bridgehead atoms. The van der Waals surface area contributed by atoms with Crippen LogP contribution in [0.2, 0.25) is 0 Å².